The molecule has 0 fully saturated rings. The molecule has 6 heteroatoms. The highest BCUT2D eigenvalue weighted by molar-refractivity contribution is 6.38. The first-order valence-electron chi connectivity index (χ1n) is 15.7. The zero-order valence-electron chi connectivity index (χ0n) is 25.6. The third kappa shape index (κ3) is 2.65. The normalized spacial score (nSPS) is 14.9. The minimum absolute atomic E-state index is 0.0412. The molecule has 0 radical (unpaired) electrons. The van der Waals surface area contributed by atoms with Crippen LogP contribution in [-0.2, 0) is 0 Å². The van der Waals surface area contributed by atoms with Gasteiger partial charge in [0.25, 0.3) is 5.56 Å². The van der Waals surface area contributed by atoms with Crippen LogP contribution in [0.1, 0.15) is 34.0 Å². The maximum absolute atomic E-state index is 14.2. The van der Waals surface area contributed by atoms with Gasteiger partial charge in [0, 0.05) is 32.7 Å². The summed E-state index contributed by atoms with van der Waals surface area (Å²) in [5.74, 6) is 0.787. The van der Waals surface area contributed by atoms with Crippen LogP contribution in [0.25, 0.3) is 93.0 Å². The quantitative estimate of drug-likeness (QED) is 0.141. The number of pyridine rings is 1. The van der Waals surface area contributed by atoms with Gasteiger partial charge in [0.1, 0.15) is 11.5 Å². The molecular weight excluding hydrogens is 568 g/mol. The Hall–Kier alpha value is -5.59. The van der Waals surface area contributed by atoms with E-state index in [9.17, 15) is 9.90 Å². The standard InChI is InChI=1S/C40H26N4O2/c1-17-13-29-31(15-19(17)3)43-37(41-29)25-9-5-21-22-6-10-26-36-28(40(46)44-32-16-20(4)18(2)14-30(32)42-38(26)44)12-8-24(34(22)36)23-7-11-27(39(43)45)35(25)33(21)23/h5-16,39,45H,1-4H3. The van der Waals surface area contributed by atoms with Gasteiger partial charge in [-0.3, -0.25) is 13.8 Å². The van der Waals surface area contributed by atoms with Crippen LogP contribution >= 0.6 is 0 Å². The zero-order chi connectivity index (χ0) is 30.9. The number of hydrogen-bond acceptors (Lipinski definition) is 4. The molecule has 3 aromatic heterocycles. The molecule has 4 heterocycles. The van der Waals surface area contributed by atoms with Crippen molar-refractivity contribution in [2.45, 2.75) is 33.9 Å². The maximum atomic E-state index is 14.2. The Kier molecular flexibility index (Phi) is 4.18. The lowest BCUT2D eigenvalue weighted by atomic mass is 9.84. The van der Waals surface area contributed by atoms with E-state index in [1.807, 2.05) is 10.6 Å². The average Bonchev–Trinajstić information content (AvgIpc) is 3.60. The number of imidazole rings is 2. The predicted molar refractivity (Wildman–Crippen MR) is 187 cm³/mol. The molecule has 0 aliphatic carbocycles. The first-order chi connectivity index (χ1) is 22.3. The van der Waals surface area contributed by atoms with Gasteiger partial charge in [0.15, 0.2) is 6.23 Å². The van der Waals surface area contributed by atoms with Gasteiger partial charge >= 0.3 is 0 Å². The van der Waals surface area contributed by atoms with Gasteiger partial charge in [-0.05, 0) is 125 Å². The van der Waals surface area contributed by atoms with Crippen LogP contribution in [0.2, 0.25) is 0 Å². The van der Waals surface area contributed by atoms with E-state index in [2.05, 4.69) is 94.4 Å². The monoisotopic (exact) mass is 594 g/mol. The van der Waals surface area contributed by atoms with Gasteiger partial charge in [-0.1, -0.05) is 30.3 Å². The van der Waals surface area contributed by atoms with E-state index in [4.69, 9.17) is 9.97 Å². The predicted octanol–water partition coefficient (Wildman–Crippen LogP) is 8.59. The summed E-state index contributed by atoms with van der Waals surface area (Å²) in [5, 5.41) is 22.2. The smallest absolute Gasteiger partial charge is 0.264 e. The van der Waals surface area contributed by atoms with Crippen LogP contribution in [0, 0.1) is 27.7 Å². The third-order valence-corrected chi connectivity index (χ3v) is 10.9. The van der Waals surface area contributed by atoms with E-state index in [1.54, 1.807) is 4.40 Å². The Labute approximate surface area is 261 Å². The van der Waals surface area contributed by atoms with Crippen molar-refractivity contribution in [3.8, 4) is 11.4 Å². The molecule has 0 saturated carbocycles. The molecule has 10 aromatic rings. The van der Waals surface area contributed by atoms with Crippen molar-refractivity contribution in [1.29, 1.82) is 0 Å². The Balaban J connectivity index is 1.31. The molecule has 1 aliphatic heterocycles. The first-order valence-corrected chi connectivity index (χ1v) is 15.7. The second-order valence-electron chi connectivity index (χ2n) is 13.3. The molecular formula is C40H26N4O2. The number of aliphatic hydroxyl groups excluding tert-OH is 1. The number of aliphatic hydroxyl groups is 1. The van der Waals surface area contributed by atoms with Crippen LogP contribution in [0.5, 0.6) is 0 Å². The zero-order valence-corrected chi connectivity index (χ0v) is 25.6. The van der Waals surface area contributed by atoms with E-state index in [1.165, 1.54) is 11.1 Å². The molecule has 1 N–H and O–H groups in total. The Morgan fingerprint density at radius 1 is 0.587 bits per heavy atom. The summed E-state index contributed by atoms with van der Waals surface area (Å²) in [6, 6.07) is 25.4. The topological polar surface area (TPSA) is 72.4 Å². The maximum Gasteiger partial charge on any atom is 0.264 e. The molecule has 1 unspecified atom stereocenters. The summed E-state index contributed by atoms with van der Waals surface area (Å²) < 4.78 is 3.77. The van der Waals surface area contributed by atoms with Crippen molar-refractivity contribution in [2.24, 2.45) is 0 Å². The van der Waals surface area contributed by atoms with E-state index < -0.39 is 6.23 Å². The Morgan fingerprint density at radius 3 is 1.83 bits per heavy atom. The van der Waals surface area contributed by atoms with Crippen molar-refractivity contribution in [3.63, 3.8) is 0 Å². The Bertz CT molecular complexity index is 3090. The highest BCUT2D eigenvalue weighted by atomic mass is 16.3. The summed E-state index contributed by atoms with van der Waals surface area (Å²) in [4.78, 5) is 24.3. The number of fused-ring (bicyclic) bond motifs is 10. The molecule has 0 amide bonds. The molecule has 46 heavy (non-hydrogen) atoms. The molecule has 1 aliphatic rings. The summed E-state index contributed by atoms with van der Waals surface area (Å²) in [6.45, 7) is 8.36. The van der Waals surface area contributed by atoms with Gasteiger partial charge in [-0.25, -0.2) is 9.97 Å². The van der Waals surface area contributed by atoms with Gasteiger partial charge in [-0.2, -0.15) is 0 Å². The van der Waals surface area contributed by atoms with Crippen molar-refractivity contribution >= 4 is 81.6 Å². The summed E-state index contributed by atoms with van der Waals surface area (Å²) in [7, 11) is 0. The number of benzene rings is 7. The van der Waals surface area contributed by atoms with Crippen LogP contribution < -0.4 is 5.56 Å². The fourth-order valence-corrected chi connectivity index (χ4v) is 8.45. The highest BCUT2D eigenvalue weighted by Gasteiger charge is 2.31. The minimum Gasteiger partial charge on any atom is -0.369 e. The average molecular weight is 595 g/mol. The van der Waals surface area contributed by atoms with Gasteiger partial charge in [0.2, 0.25) is 0 Å². The molecule has 218 valence electrons. The van der Waals surface area contributed by atoms with E-state index >= 15 is 0 Å². The van der Waals surface area contributed by atoms with E-state index in [0.29, 0.717) is 11.0 Å². The molecule has 11 rings (SSSR count). The van der Waals surface area contributed by atoms with Gasteiger partial charge < -0.3 is 5.11 Å². The molecule has 0 saturated heterocycles. The fourth-order valence-electron chi connectivity index (χ4n) is 8.45. The fraction of sp³-hybridized carbons (Fsp3) is 0.125. The van der Waals surface area contributed by atoms with Crippen LogP contribution in [0.3, 0.4) is 0 Å². The Morgan fingerprint density at radius 2 is 1.11 bits per heavy atom. The van der Waals surface area contributed by atoms with E-state index in [-0.39, 0.29) is 5.56 Å². The van der Waals surface area contributed by atoms with Gasteiger partial charge in [0.05, 0.1) is 22.1 Å². The highest BCUT2D eigenvalue weighted by Crippen LogP contribution is 2.49. The minimum atomic E-state index is -0.853. The third-order valence-electron chi connectivity index (χ3n) is 10.9. The lowest BCUT2D eigenvalue weighted by Gasteiger charge is -2.27. The van der Waals surface area contributed by atoms with Crippen molar-refractivity contribution in [1.82, 2.24) is 18.9 Å². The lowest BCUT2D eigenvalue weighted by molar-refractivity contribution is 0.152. The number of hydrogen-bond donors (Lipinski definition) is 1. The summed E-state index contributed by atoms with van der Waals surface area (Å²) >= 11 is 0. The molecule has 0 spiro atoms. The van der Waals surface area contributed by atoms with Crippen LogP contribution in [-0.4, -0.2) is 24.0 Å². The van der Waals surface area contributed by atoms with E-state index in [0.717, 1.165) is 98.6 Å². The number of nitrogens with zero attached hydrogens (tertiary/aromatic N) is 4. The summed E-state index contributed by atoms with van der Waals surface area (Å²) in [5.41, 5.74) is 10.7. The molecule has 7 aromatic carbocycles. The molecule has 6 nitrogen and oxygen atoms in total. The second kappa shape index (κ2) is 7.79. The second-order valence-corrected chi connectivity index (χ2v) is 13.3. The SMILES string of the molecule is Cc1cc2nc3n(c2cc1C)C(O)c1ccc2c4ccc5c(=O)n6c7cc(C)c(C)cc7nc6c6ccc(c7ccc-3c1c27)c4c56. The first kappa shape index (κ1) is 24.7. The lowest BCUT2D eigenvalue weighted by Crippen LogP contribution is -2.16. The van der Waals surface area contributed by atoms with Crippen LogP contribution in [0.15, 0.2) is 77.6 Å². The van der Waals surface area contributed by atoms with Crippen molar-refractivity contribution in [3.05, 3.63) is 111 Å². The molecule has 1 atom stereocenters. The molecule has 0 bridgehead atoms. The van der Waals surface area contributed by atoms with Crippen molar-refractivity contribution in [2.75, 3.05) is 0 Å². The summed E-state index contributed by atoms with van der Waals surface area (Å²) in [6.07, 6.45) is -0.853. The number of aromatic nitrogens is 4. The van der Waals surface area contributed by atoms with Crippen molar-refractivity contribution < 1.29 is 5.11 Å². The van der Waals surface area contributed by atoms with Crippen LogP contribution in [0.4, 0.5) is 0 Å². The largest absolute Gasteiger partial charge is 0.369 e. The van der Waals surface area contributed by atoms with Gasteiger partial charge in [-0.15, -0.1) is 0 Å². The number of rotatable bonds is 0. The number of aryl methyl sites for hydroxylation is 4.